The Morgan fingerprint density at radius 1 is 1.11 bits per heavy atom. The summed E-state index contributed by atoms with van der Waals surface area (Å²) in [4.78, 5) is 0. The molecular weight excluding hydrogens is 283 g/mol. The van der Waals surface area contributed by atoms with E-state index in [-0.39, 0.29) is 0 Å². The van der Waals surface area contributed by atoms with Crippen LogP contribution in [-0.2, 0) is 6.18 Å². The molecular formula is C10H8F7NO. The fourth-order valence-electron chi connectivity index (χ4n) is 1.11. The van der Waals surface area contributed by atoms with Gasteiger partial charge < -0.3 is 10.5 Å². The third-order valence-electron chi connectivity index (χ3n) is 2.08. The lowest BCUT2D eigenvalue weighted by molar-refractivity contribution is -0.148. The van der Waals surface area contributed by atoms with Crippen molar-refractivity contribution < 1.29 is 35.5 Å². The lowest BCUT2D eigenvalue weighted by Gasteiger charge is -2.17. The van der Waals surface area contributed by atoms with E-state index in [4.69, 9.17) is 5.73 Å². The van der Waals surface area contributed by atoms with Crippen molar-refractivity contribution in [3.05, 3.63) is 23.8 Å². The number of alkyl halides is 7. The minimum Gasteiger partial charge on any atom is -0.487 e. The van der Waals surface area contributed by atoms with Gasteiger partial charge in [0.2, 0.25) is 0 Å². The summed E-state index contributed by atoms with van der Waals surface area (Å²) < 4.78 is 90.2. The minimum atomic E-state index is -4.80. The van der Waals surface area contributed by atoms with E-state index in [1.165, 1.54) is 0 Å². The van der Waals surface area contributed by atoms with E-state index in [1.54, 1.807) is 0 Å². The number of halogens is 7. The van der Waals surface area contributed by atoms with E-state index in [2.05, 4.69) is 4.74 Å². The summed E-state index contributed by atoms with van der Waals surface area (Å²) in [5.41, 5.74) is 3.15. The summed E-state index contributed by atoms with van der Waals surface area (Å²) in [6.45, 7) is -1.73. The van der Waals surface area contributed by atoms with Crippen LogP contribution in [0.4, 0.5) is 36.4 Å². The number of hydrogen-bond donors (Lipinski definition) is 1. The van der Waals surface area contributed by atoms with E-state index < -0.39 is 42.1 Å². The van der Waals surface area contributed by atoms with Crippen molar-refractivity contribution in [2.24, 2.45) is 0 Å². The number of nitrogen functional groups attached to an aromatic ring is 1. The first-order valence-corrected chi connectivity index (χ1v) is 4.79. The Balaban J connectivity index is 2.87. The predicted octanol–water partition coefficient (Wildman–Crippen LogP) is 3.57. The monoisotopic (exact) mass is 291 g/mol. The van der Waals surface area contributed by atoms with Crippen LogP contribution in [0.2, 0.25) is 0 Å². The van der Waals surface area contributed by atoms with Gasteiger partial charge in [0.1, 0.15) is 5.75 Å². The molecule has 1 aromatic carbocycles. The van der Waals surface area contributed by atoms with Gasteiger partial charge in [-0.15, -0.1) is 0 Å². The van der Waals surface area contributed by atoms with Crippen LogP contribution >= 0.6 is 0 Å². The Bertz CT molecular complexity index is 444. The molecule has 9 heteroatoms. The van der Waals surface area contributed by atoms with Gasteiger partial charge in [0.15, 0.2) is 6.61 Å². The van der Waals surface area contributed by atoms with Crippen molar-refractivity contribution in [3.63, 3.8) is 0 Å². The molecule has 1 rings (SSSR count). The van der Waals surface area contributed by atoms with Crippen LogP contribution in [0.1, 0.15) is 5.56 Å². The molecule has 0 unspecified atom stereocenters. The van der Waals surface area contributed by atoms with Gasteiger partial charge in [-0.3, -0.25) is 0 Å². The van der Waals surface area contributed by atoms with Crippen LogP contribution in [0.5, 0.6) is 5.75 Å². The summed E-state index contributed by atoms with van der Waals surface area (Å²) in [5.74, 6) is -5.07. The van der Waals surface area contributed by atoms with Crippen LogP contribution in [0.15, 0.2) is 18.2 Å². The minimum absolute atomic E-state index is 0.372. The van der Waals surface area contributed by atoms with Gasteiger partial charge in [-0.2, -0.15) is 22.0 Å². The molecule has 0 aromatic heterocycles. The highest BCUT2D eigenvalue weighted by Gasteiger charge is 2.42. The van der Waals surface area contributed by atoms with Crippen molar-refractivity contribution in [1.82, 2.24) is 0 Å². The maximum absolute atomic E-state index is 12.5. The fourth-order valence-corrected chi connectivity index (χ4v) is 1.11. The molecule has 108 valence electrons. The molecule has 0 heterocycles. The molecule has 1 aromatic rings. The largest absolute Gasteiger partial charge is 0.487 e. The van der Waals surface area contributed by atoms with Crippen LogP contribution in [0.3, 0.4) is 0 Å². The van der Waals surface area contributed by atoms with Gasteiger partial charge in [-0.05, 0) is 18.2 Å². The second-order valence-corrected chi connectivity index (χ2v) is 3.60. The Hall–Kier alpha value is -1.67. The standard InChI is InChI=1S/C10H8F7NO/c11-8(12)9(13,14)4-19-5-1-2-7(18)6(3-5)10(15,16)17/h1-3,8H,4,18H2. The molecule has 0 amide bonds. The Labute approximate surface area is 103 Å². The van der Waals surface area contributed by atoms with E-state index in [0.29, 0.717) is 6.07 Å². The average Bonchev–Trinajstić information content (AvgIpc) is 2.26. The molecule has 0 aliphatic carbocycles. The zero-order valence-electron chi connectivity index (χ0n) is 9.15. The van der Waals surface area contributed by atoms with Crippen molar-refractivity contribution in [2.45, 2.75) is 18.5 Å². The van der Waals surface area contributed by atoms with Crippen LogP contribution in [-0.4, -0.2) is 19.0 Å². The molecule has 0 bridgehead atoms. The van der Waals surface area contributed by atoms with Crippen molar-refractivity contribution >= 4 is 5.69 Å². The number of anilines is 1. The van der Waals surface area contributed by atoms with Crippen molar-refractivity contribution in [1.29, 1.82) is 0 Å². The second kappa shape index (κ2) is 5.14. The molecule has 0 spiro atoms. The first kappa shape index (κ1) is 15.4. The van der Waals surface area contributed by atoms with E-state index in [1.807, 2.05) is 0 Å². The molecule has 2 N–H and O–H groups in total. The Morgan fingerprint density at radius 2 is 1.68 bits per heavy atom. The lowest BCUT2D eigenvalue weighted by Crippen LogP contribution is -2.33. The van der Waals surface area contributed by atoms with Crippen LogP contribution in [0.25, 0.3) is 0 Å². The molecule has 0 aliphatic heterocycles. The maximum atomic E-state index is 12.5. The number of rotatable bonds is 4. The van der Waals surface area contributed by atoms with E-state index in [0.717, 1.165) is 12.1 Å². The number of nitrogens with two attached hydrogens (primary N) is 1. The highest BCUT2D eigenvalue weighted by atomic mass is 19.4. The van der Waals surface area contributed by atoms with Gasteiger partial charge in [0.25, 0.3) is 0 Å². The van der Waals surface area contributed by atoms with Gasteiger partial charge in [-0.1, -0.05) is 0 Å². The highest BCUT2D eigenvalue weighted by Crippen LogP contribution is 2.36. The third-order valence-corrected chi connectivity index (χ3v) is 2.08. The van der Waals surface area contributed by atoms with Gasteiger partial charge in [0.05, 0.1) is 5.56 Å². The quantitative estimate of drug-likeness (QED) is 0.680. The average molecular weight is 291 g/mol. The first-order chi connectivity index (χ1) is 8.54. The van der Waals surface area contributed by atoms with Crippen molar-refractivity contribution in [3.8, 4) is 5.75 Å². The summed E-state index contributed by atoms with van der Waals surface area (Å²) in [6, 6.07) is 2.04. The van der Waals surface area contributed by atoms with Gasteiger partial charge in [-0.25, -0.2) is 8.78 Å². The highest BCUT2D eigenvalue weighted by molar-refractivity contribution is 5.51. The smallest absolute Gasteiger partial charge is 0.418 e. The Morgan fingerprint density at radius 3 is 2.16 bits per heavy atom. The first-order valence-electron chi connectivity index (χ1n) is 4.79. The van der Waals surface area contributed by atoms with E-state index >= 15 is 0 Å². The molecule has 0 saturated heterocycles. The Kier molecular flexibility index (Phi) is 4.16. The van der Waals surface area contributed by atoms with Crippen LogP contribution in [0, 0.1) is 0 Å². The SMILES string of the molecule is Nc1ccc(OCC(F)(F)C(F)F)cc1C(F)(F)F. The zero-order valence-corrected chi connectivity index (χ0v) is 9.15. The molecule has 0 radical (unpaired) electrons. The zero-order chi connectivity index (χ0) is 14.8. The third kappa shape index (κ3) is 3.90. The van der Waals surface area contributed by atoms with Gasteiger partial charge >= 0.3 is 18.5 Å². The normalized spacial score (nSPS) is 12.8. The van der Waals surface area contributed by atoms with E-state index in [9.17, 15) is 30.7 Å². The molecule has 0 atom stereocenters. The molecule has 0 fully saturated rings. The summed E-state index contributed by atoms with van der Waals surface area (Å²) in [6.07, 6.45) is -8.77. The topological polar surface area (TPSA) is 35.2 Å². The number of hydrogen-bond acceptors (Lipinski definition) is 2. The lowest BCUT2D eigenvalue weighted by atomic mass is 10.1. The molecule has 0 aliphatic rings. The summed E-state index contributed by atoms with van der Waals surface area (Å²) in [5, 5.41) is 0. The second-order valence-electron chi connectivity index (χ2n) is 3.60. The molecule has 0 saturated carbocycles. The van der Waals surface area contributed by atoms with Crippen LogP contribution < -0.4 is 10.5 Å². The van der Waals surface area contributed by atoms with Gasteiger partial charge in [0, 0.05) is 5.69 Å². The summed E-state index contributed by atoms with van der Waals surface area (Å²) >= 11 is 0. The summed E-state index contributed by atoms with van der Waals surface area (Å²) in [7, 11) is 0. The number of ether oxygens (including phenoxy) is 1. The molecule has 19 heavy (non-hydrogen) atoms. The molecule has 2 nitrogen and oxygen atoms in total. The maximum Gasteiger partial charge on any atom is 0.418 e. The van der Waals surface area contributed by atoms with Crippen molar-refractivity contribution in [2.75, 3.05) is 12.3 Å². The fraction of sp³-hybridized carbons (Fsp3) is 0.400. The number of benzene rings is 1. The predicted molar refractivity (Wildman–Crippen MR) is 52.3 cm³/mol.